The Labute approximate surface area is 95.3 Å². The molecule has 0 saturated heterocycles. The van der Waals surface area contributed by atoms with Crippen molar-refractivity contribution < 1.29 is 19.4 Å². The van der Waals surface area contributed by atoms with Crippen LogP contribution in [-0.4, -0.2) is 23.8 Å². The van der Waals surface area contributed by atoms with E-state index in [0.29, 0.717) is 16.5 Å². The van der Waals surface area contributed by atoms with E-state index >= 15 is 0 Å². The molecule has 0 spiro atoms. The van der Waals surface area contributed by atoms with E-state index in [1.807, 2.05) is 0 Å². The Morgan fingerprint density at radius 3 is 2.87 bits per heavy atom. The van der Waals surface area contributed by atoms with Gasteiger partial charge in [-0.05, 0) is 12.1 Å². The highest BCUT2D eigenvalue weighted by molar-refractivity contribution is 6.43. The number of ether oxygens (including phenoxy) is 2. The SMILES string of the molecule is O=C(O)C1COc2c(ccc(Cl)c2Cl)O1. The van der Waals surface area contributed by atoms with Crippen LogP contribution >= 0.6 is 23.2 Å². The molecule has 1 aliphatic rings. The minimum Gasteiger partial charge on any atom is -0.484 e. The minimum absolute atomic E-state index is 0.0810. The molecule has 1 heterocycles. The highest BCUT2D eigenvalue weighted by atomic mass is 35.5. The van der Waals surface area contributed by atoms with Gasteiger partial charge in [0.25, 0.3) is 0 Å². The average molecular weight is 249 g/mol. The second-order valence-electron chi connectivity index (χ2n) is 2.94. The first-order valence-electron chi connectivity index (χ1n) is 4.10. The molecule has 0 aromatic heterocycles. The zero-order valence-electron chi connectivity index (χ0n) is 7.37. The van der Waals surface area contributed by atoms with Crippen LogP contribution in [0.5, 0.6) is 11.5 Å². The number of fused-ring (bicyclic) bond motifs is 1. The van der Waals surface area contributed by atoms with Crippen molar-refractivity contribution in [3.63, 3.8) is 0 Å². The fourth-order valence-corrected chi connectivity index (χ4v) is 1.57. The van der Waals surface area contributed by atoms with Crippen LogP contribution in [0.25, 0.3) is 0 Å². The Hall–Kier alpha value is -1.13. The Bertz CT molecular complexity index is 419. The van der Waals surface area contributed by atoms with Crippen molar-refractivity contribution in [2.24, 2.45) is 0 Å². The number of hydrogen-bond acceptors (Lipinski definition) is 3. The second kappa shape index (κ2) is 3.79. The van der Waals surface area contributed by atoms with Crippen molar-refractivity contribution in [1.82, 2.24) is 0 Å². The molecule has 0 fully saturated rings. The lowest BCUT2D eigenvalue weighted by atomic mass is 10.2. The molecule has 1 aliphatic heterocycles. The lowest BCUT2D eigenvalue weighted by Gasteiger charge is -2.24. The molecule has 6 heteroatoms. The van der Waals surface area contributed by atoms with E-state index in [2.05, 4.69) is 0 Å². The summed E-state index contributed by atoms with van der Waals surface area (Å²) in [6.45, 7) is -0.0810. The van der Waals surface area contributed by atoms with E-state index in [4.69, 9.17) is 37.8 Å². The summed E-state index contributed by atoms with van der Waals surface area (Å²) in [5, 5.41) is 9.30. The molecular formula is C9H6Cl2O4. The van der Waals surface area contributed by atoms with Crippen LogP contribution in [0.2, 0.25) is 10.0 Å². The number of halogens is 2. The third-order valence-corrected chi connectivity index (χ3v) is 2.72. The zero-order valence-corrected chi connectivity index (χ0v) is 8.88. The molecule has 1 atom stereocenters. The molecule has 1 aromatic carbocycles. The van der Waals surface area contributed by atoms with Gasteiger partial charge >= 0.3 is 5.97 Å². The highest BCUT2D eigenvalue weighted by Gasteiger charge is 2.28. The summed E-state index contributed by atoms with van der Waals surface area (Å²) in [5.74, 6) is -0.489. The van der Waals surface area contributed by atoms with Crippen LogP contribution in [0.15, 0.2) is 12.1 Å². The Morgan fingerprint density at radius 1 is 1.47 bits per heavy atom. The van der Waals surface area contributed by atoms with E-state index in [1.54, 1.807) is 0 Å². The lowest BCUT2D eigenvalue weighted by Crippen LogP contribution is -2.36. The van der Waals surface area contributed by atoms with Crippen LogP contribution in [0, 0.1) is 0 Å². The molecule has 1 aromatic rings. The molecule has 1 unspecified atom stereocenters. The summed E-state index contributed by atoms with van der Waals surface area (Å²) in [4.78, 5) is 10.7. The van der Waals surface area contributed by atoms with Crippen LogP contribution in [0.3, 0.4) is 0 Å². The van der Waals surface area contributed by atoms with E-state index < -0.39 is 12.1 Å². The topological polar surface area (TPSA) is 55.8 Å². The molecule has 4 nitrogen and oxygen atoms in total. The molecule has 15 heavy (non-hydrogen) atoms. The van der Waals surface area contributed by atoms with Gasteiger partial charge in [-0.25, -0.2) is 4.79 Å². The lowest BCUT2D eigenvalue weighted by molar-refractivity contribution is -0.147. The molecule has 0 saturated carbocycles. The van der Waals surface area contributed by atoms with Gasteiger partial charge in [0, 0.05) is 0 Å². The van der Waals surface area contributed by atoms with E-state index in [0.717, 1.165) is 0 Å². The summed E-state index contributed by atoms with van der Waals surface area (Å²) in [5.41, 5.74) is 0. The summed E-state index contributed by atoms with van der Waals surface area (Å²) < 4.78 is 10.3. The fourth-order valence-electron chi connectivity index (χ4n) is 1.21. The van der Waals surface area contributed by atoms with Crippen molar-refractivity contribution in [3.8, 4) is 11.5 Å². The third kappa shape index (κ3) is 1.82. The number of hydrogen-bond donors (Lipinski definition) is 1. The maximum atomic E-state index is 10.7. The van der Waals surface area contributed by atoms with Crippen molar-refractivity contribution in [1.29, 1.82) is 0 Å². The summed E-state index contributed by atoms with van der Waals surface area (Å²) >= 11 is 11.6. The van der Waals surface area contributed by atoms with Crippen LogP contribution in [0.1, 0.15) is 0 Å². The smallest absolute Gasteiger partial charge is 0.348 e. The minimum atomic E-state index is -1.08. The van der Waals surface area contributed by atoms with Gasteiger partial charge in [0.05, 0.1) is 5.02 Å². The number of carbonyl (C=O) groups is 1. The number of rotatable bonds is 1. The largest absolute Gasteiger partial charge is 0.484 e. The van der Waals surface area contributed by atoms with Gasteiger partial charge in [0.1, 0.15) is 11.6 Å². The summed E-state index contributed by atoms with van der Waals surface area (Å²) in [6.07, 6.45) is -1.00. The van der Waals surface area contributed by atoms with E-state index in [1.165, 1.54) is 12.1 Å². The number of carboxylic acids is 1. The van der Waals surface area contributed by atoms with E-state index in [-0.39, 0.29) is 11.6 Å². The molecule has 2 rings (SSSR count). The maximum Gasteiger partial charge on any atom is 0.348 e. The van der Waals surface area contributed by atoms with Gasteiger partial charge < -0.3 is 14.6 Å². The van der Waals surface area contributed by atoms with E-state index in [9.17, 15) is 4.79 Å². The molecule has 1 N–H and O–H groups in total. The quantitative estimate of drug-likeness (QED) is 0.828. The predicted octanol–water partition coefficient (Wildman–Crippen LogP) is 2.22. The van der Waals surface area contributed by atoms with Crippen LogP contribution < -0.4 is 9.47 Å². The Morgan fingerprint density at radius 2 is 2.20 bits per heavy atom. The average Bonchev–Trinajstić information content (AvgIpc) is 2.23. The van der Waals surface area contributed by atoms with Crippen molar-refractivity contribution >= 4 is 29.2 Å². The molecule has 0 amide bonds. The third-order valence-electron chi connectivity index (χ3n) is 1.94. The molecule has 80 valence electrons. The summed E-state index contributed by atoms with van der Waals surface area (Å²) in [7, 11) is 0. The van der Waals surface area contributed by atoms with Crippen molar-refractivity contribution in [3.05, 3.63) is 22.2 Å². The summed E-state index contributed by atoms with van der Waals surface area (Å²) in [6, 6.07) is 3.05. The molecule has 0 aliphatic carbocycles. The Kier molecular flexibility index (Phi) is 2.63. The highest BCUT2D eigenvalue weighted by Crippen LogP contribution is 2.42. The monoisotopic (exact) mass is 248 g/mol. The molecule has 0 radical (unpaired) electrons. The standard InChI is InChI=1S/C9H6Cl2O4/c10-4-1-2-5-8(7(4)11)14-3-6(15-5)9(12)13/h1-2,6H,3H2,(H,12,13). The van der Waals surface area contributed by atoms with Crippen LogP contribution in [0.4, 0.5) is 0 Å². The van der Waals surface area contributed by atoms with Gasteiger partial charge in [-0.2, -0.15) is 0 Å². The van der Waals surface area contributed by atoms with Crippen LogP contribution in [-0.2, 0) is 4.79 Å². The Balaban J connectivity index is 2.36. The zero-order chi connectivity index (χ0) is 11.0. The first-order valence-corrected chi connectivity index (χ1v) is 4.85. The van der Waals surface area contributed by atoms with Gasteiger partial charge in [0.15, 0.2) is 11.5 Å². The first-order chi connectivity index (χ1) is 7.09. The normalized spacial score (nSPS) is 18.7. The fraction of sp³-hybridized carbons (Fsp3) is 0.222. The molecular weight excluding hydrogens is 243 g/mol. The second-order valence-corrected chi connectivity index (χ2v) is 3.73. The van der Waals surface area contributed by atoms with Crippen molar-refractivity contribution in [2.45, 2.75) is 6.10 Å². The van der Waals surface area contributed by atoms with Crippen molar-refractivity contribution in [2.75, 3.05) is 6.61 Å². The van der Waals surface area contributed by atoms with Gasteiger partial charge in [-0.3, -0.25) is 0 Å². The number of aliphatic carboxylic acids is 1. The number of benzene rings is 1. The van der Waals surface area contributed by atoms with Gasteiger partial charge in [-0.1, -0.05) is 23.2 Å². The van der Waals surface area contributed by atoms with Gasteiger partial charge in [-0.15, -0.1) is 0 Å². The molecule has 0 bridgehead atoms. The maximum absolute atomic E-state index is 10.7. The first kappa shape index (κ1) is 10.4. The predicted molar refractivity (Wildman–Crippen MR) is 54.0 cm³/mol. The van der Waals surface area contributed by atoms with Gasteiger partial charge in [0.2, 0.25) is 6.10 Å². The number of carboxylic acid groups (broad SMARTS) is 1.